The minimum atomic E-state index is -0.489. The predicted octanol–water partition coefficient (Wildman–Crippen LogP) is 5.33. The van der Waals surface area contributed by atoms with E-state index in [9.17, 15) is 4.79 Å². The zero-order chi connectivity index (χ0) is 27.5. The van der Waals surface area contributed by atoms with Crippen molar-refractivity contribution in [1.82, 2.24) is 24.2 Å². The molecule has 1 amide bonds. The quantitative estimate of drug-likeness (QED) is 0.438. The van der Waals surface area contributed by atoms with Gasteiger partial charge in [0.2, 0.25) is 0 Å². The van der Waals surface area contributed by atoms with Crippen molar-refractivity contribution < 1.29 is 14.3 Å². The molecule has 1 aliphatic heterocycles. The van der Waals surface area contributed by atoms with E-state index >= 15 is 0 Å². The van der Waals surface area contributed by atoms with Crippen LogP contribution in [0.25, 0.3) is 16.8 Å². The molecule has 5 rings (SSSR count). The molecule has 0 bridgehead atoms. The Labute approximate surface area is 231 Å². The Morgan fingerprint density at radius 2 is 1.90 bits per heavy atom. The maximum Gasteiger partial charge on any atom is 0.412 e. The number of nitrogens with zero attached hydrogens (tertiary/aromatic N) is 5. The van der Waals surface area contributed by atoms with Crippen molar-refractivity contribution in [3.8, 4) is 17.0 Å². The van der Waals surface area contributed by atoms with Crippen molar-refractivity contribution in [3.63, 3.8) is 0 Å². The third kappa shape index (κ3) is 5.89. The lowest BCUT2D eigenvalue weighted by atomic mass is 9.84. The molecular formula is C30H42N6O3. The molecule has 1 aliphatic carbocycles. The fraction of sp³-hybridized carbons (Fsp3) is 0.567. The van der Waals surface area contributed by atoms with Crippen molar-refractivity contribution in [1.29, 1.82) is 0 Å². The number of rotatable bonds is 7. The summed E-state index contributed by atoms with van der Waals surface area (Å²) >= 11 is 0. The molecule has 1 atom stereocenters. The molecule has 0 radical (unpaired) electrons. The summed E-state index contributed by atoms with van der Waals surface area (Å²) in [4.78, 5) is 27.3. The highest BCUT2D eigenvalue weighted by molar-refractivity contribution is 5.89. The second-order valence-corrected chi connectivity index (χ2v) is 11.1. The first kappa shape index (κ1) is 27.4. The fourth-order valence-electron chi connectivity index (χ4n) is 5.94. The van der Waals surface area contributed by atoms with Crippen LogP contribution < -0.4 is 10.1 Å². The molecule has 1 aromatic carbocycles. The monoisotopic (exact) mass is 534 g/mol. The van der Waals surface area contributed by atoms with Gasteiger partial charge in [0.1, 0.15) is 17.7 Å². The molecule has 39 heavy (non-hydrogen) atoms. The molecule has 210 valence electrons. The van der Waals surface area contributed by atoms with Crippen LogP contribution in [0.1, 0.15) is 63.4 Å². The number of imidazole rings is 1. The standard InChI is InChI=1S/C30H42N6O3/c1-6-20(2)39-30(37)32-25-12-9-23(19-26(25)38-5)27-28-21(3)31-13-14-36(28)29(33-27)22-7-10-24(11-8-22)35-17-15-34(4)16-18-35/h9,12-14,19-20,22,24H,6-8,10-11,15-18H2,1-5H3,(H,32,37)/t20-,22?,24?/m0/s1. The molecule has 3 heterocycles. The number of amides is 1. The first-order valence-electron chi connectivity index (χ1n) is 14.3. The summed E-state index contributed by atoms with van der Waals surface area (Å²) in [5.74, 6) is 2.08. The van der Waals surface area contributed by atoms with Crippen LogP contribution in [0, 0.1) is 6.92 Å². The first-order chi connectivity index (χ1) is 18.9. The molecule has 9 nitrogen and oxygen atoms in total. The number of aromatic nitrogens is 3. The van der Waals surface area contributed by atoms with Crippen LogP contribution in [-0.2, 0) is 4.74 Å². The van der Waals surface area contributed by atoms with E-state index in [1.807, 2.05) is 51.4 Å². The Bertz CT molecular complexity index is 1290. The number of benzene rings is 1. The van der Waals surface area contributed by atoms with E-state index in [4.69, 9.17) is 14.5 Å². The minimum Gasteiger partial charge on any atom is -0.495 e. The Morgan fingerprint density at radius 3 is 2.59 bits per heavy atom. The smallest absolute Gasteiger partial charge is 0.412 e. The van der Waals surface area contributed by atoms with E-state index in [1.54, 1.807) is 7.11 Å². The Balaban J connectivity index is 1.39. The van der Waals surface area contributed by atoms with Crippen LogP contribution in [0.2, 0.25) is 0 Å². The van der Waals surface area contributed by atoms with E-state index < -0.39 is 6.09 Å². The lowest BCUT2D eigenvalue weighted by Gasteiger charge is -2.41. The molecule has 2 aliphatic rings. The first-order valence-corrected chi connectivity index (χ1v) is 14.3. The number of ether oxygens (including phenoxy) is 2. The normalized spacial score (nSPS) is 21.6. The van der Waals surface area contributed by atoms with E-state index in [2.05, 4.69) is 31.5 Å². The Kier molecular flexibility index (Phi) is 8.37. The second-order valence-electron chi connectivity index (χ2n) is 11.1. The molecule has 1 saturated carbocycles. The van der Waals surface area contributed by atoms with Crippen LogP contribution in [0.4, 0.5) is 10.5 Å². The van der Waals surface area contributed by atoms with Gasteiger partial charge >= 0.3 is 6.09 Å². The molecule has 2 fully saturated rings. The largest absolute Gasteiger partial charge is 0.495 e. The number of aryl methyl sites for hydroxylation is 1. The second kappa shape index (κ2) is 11.9. The number of hydrogen-bond donors (Lipinski definition) is 1. The fourth-order valence-corrected chi connectivity index (χ4v) is 5.94. The van der Waals surface area contributed by atoms with Gasteiger partial charge in [0.15, 0.2) is 0 Å². The Hall–Kier alpha value is -3.17. The number of hydrogen-bond acceptors (Lipinski definition) is 7. The minimum absolute atomic E-state index is 0.155. The maximum absolute atomic E-state index is 12.3. The summed E-state index contributed by atoms with van der Waals surface area (Å²) in [7, 11) is 3.82. The van der Waals surface area contributed by atoms with E-state index in [1.165, 1.54) is 25.9 Å². The van der Waals surface area contributed by atoms with Crippen LogP contribution in [0.5, 0.6) is 5.75 Å². The van der Waals surface area contributed by atoms with Gasteiger partial charge in [0.05, 0.1) is 29.7 Å². The highest BCUT2D eigenvalue weighted by atomic mass is 16.6. The van der Waals surface area contributed by atoms with Crippen molar-refractivity contribution in [2.75, 3.05) is 45.7 Å². The topological polar surface area (TPSA) is 84.2 Å². The zero-order valence-corrected chi connectivity index (χ0v) is 23.9. The molecule has 0 unspecified atom stereocenters. The molecule has 2 aromatic heterocycles. The maximum atomic E-state index is 12.3. The van der Waals surface area contributed by atoms with Gasteiger partial charge in [0, 0.05) is 56.1 Å². The van der Waals surface area contributed by atoms with Crippen LogP contribution in [0.15, 0.2) is 30.6 Å². The van der Waals surface area contributed by atoms with Crippen LogP contribution in [-0.4, -0.2) is 82.7 Å². The van der Waals surface area contributed by atoms with E-state index in [0.717, 1.165) is 60.6 Å². The van der Waals surface area contributed by atoms with Crippen molar-refractivity contribution >= 4 is 17.3 Å². The summed E-state index contributed by atoms with van der Waals surface area (Å²) in [5, 5.41) is 2.81. The summed E-state index contributed by atoms with van der Waals surface area (Å²) in [6, 6.07) is 6.44. The number of nitrogens with one attached hydrogen (secondary N) is 1. The number of methoxy groups -OCH3 is 1. The average molecular weight is 535 g/mol. The molecular weight excluding hydrogens is 492 g/mol. The van der Waals surface area contributed by atoms with Gasteiger partial charge in [-0.05, 0) is 65.1 Å². The molecule has 1 saturated heterocycles. The SMILES string of the molecule is CC[C@H](C)OC(=O)Nc1ccc(-c2nc(C3CCC(N4CCN(C)CC4)CC3)n3ccnc(C)c23)cc1OC. The van der Waals surface area contributed by atoms with Crippen LogP contribution >= 0.6 is 0 Å². The molecule has 9 heteroatoms. The van der Waals surface area contributed by atoms with Gasteiger partial charge in [0.25, 0.3) is 0 Å². The summed E-state index contributed by atoms with van der Waals surface area (Å²) in [6.07, 6.45) is 8.72. The summed E-state index contributed by atoms with van der Waals surface area (Å²) in [6.45, 7) is 10.6. The number of carbonyl (C=O) groups is 1. The van der Waals surface area contributed by atoms with E-state index in [0.29, 0.717) is 23.4 Å². The highest BCUT2D eigenvalue weighted by Gasteiger charge is 2.31. The van der Waals surface area contributed by atoms with Crippen molar-refractivity contribution in [2.45, 2.75) is 70.9 Å². The molecule has 0 spiro atoms. The molecule has 1 N–H and O–H groups in total. The third-order valence-electron chi connectivity index (χ3n) is 8.48. The van der Waals surface area contributed by atoms with Gasteiger partial charge in [-0.15, -0.1) is 0 Å². The third-order valence-corrected chi connectivity index (χ3v) is 8.48. The number of anilines is 1. The average Bonchev–Trinajstić information content (AvgIpc) is 3.34. The van der Waals surface area contributed by atoms with Crippen molar-refractivity contribution in [3.05, 3.63) is 42.1 Å². The van der Waals surface area contributed by atoms with Gasteiger partial charge in [-0.2, -0.15) is 0 Å². The van der Waals surface area contributed by atoms with Crippen LogP contribution in [0.3, 0.4) is 0 Å². The lowest BCUT2D eigenvalue weighted by Crippen LogP contribution is -2.49. The van der Waals surface area contributed by atoms with Gasteiger partial charge in [-0.25, -0.2) is 9.78 Å². The van der Waals surface area contributed by atoms with Gasteiger partial charge < -0.3 is 14.4 Å². The number of piperazine rings is 1. The highest BCUT2D eigenvalue weighted by Crippen LogP contribution is 2.39. The Morgan fingerprint density at radius 1 is 1.15 bits per heavy atom. The zero-order valence-electron chi connectivity index (χ0n) is 23.9. The van der Waals surface area contributed by atoms with Crippen molar-refractivity contribution in [2.24, 2.45) is 0 Å². The number of likely N-dealkylation sites (N-methyl/N-ethyl adjacent to an activating group) is 1. The summed E-state index contributed by atoms with van der Waals surface area (Å²) in [5.41, 5.74) is 4.35. The van der Waals surface area contributed by atoms with E-state index in [-0.39, 0.29) is 6.10 Å². The number of carbonyl (C=O) groups excluding carboxylic acids is 1. The lowest BCUT2D eigenvalue weighted by molar-refractivity contribution is 0.0872. The number of fused-ring (bicyclic) bond motifs is 1. The van der Waals surface area contributed by atoms with Gasteiger partial charge in [-0.1, -0.05) is 13.0 Å². The summed E-state index contributed by atoms with van der Waals surface area (Å²) < 4.78 is 13.3. The predicted molar refractivity (Wildman–Crippen MR) is 154 cm³/mol. The van der Waals surface area contributed by atoms with Gasteiger partial charge in [-0.3, -0.25) is 19.6 Å². The molecule has 3 aromatic rings.